The van der Waals surface area contributed by atoms with Crippen LogP contribution in [0, 0.1) is 5.82 Å². The zero-order chi connectivity index (χ0) is 30.2. The minimum absolute atomic E-state index is 0.208. The van der Waals surface area contributed by atoms with Crippen LogP contribution in [0.2, 0.25) is 0 Å². The van der Waals surface area contributed by atoms with Crippen molar-refractivity contribution < 1.29 is 4.39 Å². The van der Waals surface area contributed by atoms with E-state index in [-0.39, 0.29) is 5.82 Å². The zero-order valence-electron chi connectivity index (χ0n) is 24.6. The van der Waals surface area contributed by atoms with Crippen LogP contribution in [0.15, 0.2) is 176 Å². The molecule has 8 aromatic rings. The summed E-state index contributed by atoms with van der Waals surface area (Å²) in [6, 6.07) is 60.2. The first kappa shape index (κ1) is 26.8. The second kappa shape index (κ2) is 11.4. The van der Waals surface area contributed by atoms with Gasteiger partial charge >= 0.3 is 0 Å². The second-order valence-corrected chi connectivity index (χ2v) is 11.3. The SMILES string of the molecule is Fc1c(-c2ccccc2)c(-c2ccccc2)c(-c2ccccc2)c2c1ccc1ccc(-c3ccccc3)c(-c3ccccc3)c12. The van der Waals surface area contributed by atoms with Crippen LogP contribution in [-0.4, -0.2) is 0 Å². The van der Waals surface area contributed by atoms with E-state index in [1.54, 1.807) is 0 Å². The van der Waals surface area contributed by atoms with Crippen molar-refractivity contribution in [2.75, 3.05) is 0 Å². The molecule has 0 aliphatic heterocycles. The largest absolute Gasteiger partial charge is 0.206 e. The molecule has 0 N–H and O–H groups in total. The number of halogens is 1. The third kappa shape index (κ3) is 4.61. The fourth-order valence-corrected chi connectivity index (χ4v) is 6.78. The summed E-state index contributed by atoms with van der Waals surface area (Å²) < 4.78 is 17.5. The van der Waals surface area contributed by atoms with Gasteiger partial charge in [0, 0.05) is 21.9 Å². The number of fused-ring (bicyclic) bond motifs is 3. The Hall–Kier alpha value is -5.79. The predicted octanol–water partition coefficient (Wildman–Crippen LogP) is 12.5. The smallest absolute Gasteiger partial charge is 0.139 e. The molecule has 45 heavy (non-hydrogen) atoms. The molecular weight excluding hydrogens is 547 g/mol. The molecule has 0 aliphatic rings. The Morgan fingerprint density at radius 1 is 0.289 bits per heavy atom. The molecule has 8 aromatic carbocycles. The lowest BCUT2D eigenvalue weighted by atomic mass is 9.80. The maximum Gasteiger partial charge on any atom is 0.139 e. The first-order valence-electron chi connectivity index (χ1n) is 15.3. The number of benzene rings is 8. The average molecular weight is 577 g/mol. The fourth-order valence-electron chi connectivity index (χ4n) is 6.78. The maximum atomic E-state index is 17.5. The maximum absolute atomic E-state index is 17.5. The van der Waals surface area contributed by atoms with Gasteiger partial charge in [0.15, 0.2) is 0 Å². The molecule has 0 unspecified atom stereocenters. The lowest BCUT2D eigenvalue weighted by Gasteiger charge is -2.23. The Morgan fingerprint density at radius 2 is 0.689 bits per heavy atom. The van der Waals surface area contributed by atoms with Crippen molar-refractivity contribution in [3.8, 4) is 55.6 Å². The van der Waals surface area contributed by atoms with E-state index in [0.29, 0.717) is 10.9 Å². The molecule has 0 saturated heterocycles. The van der Waals surface area contributed by atoms with Gasteiger partial charge in [-0.25, -0.2) is 4.39 Å². The summed E-state index contributed by atoms with van der Waals surface area (Å²) in [5, 5.41) is 3.66. The van der Waals surface area contributed by atoms with E-state index in [0.717, 1.165) is 66.2 Å². The van der Waals surface area contributed by atoms with E-state index in [2.05, 4.69) is 103 Å². The molecule has 0 bridgehead atoms. The lowest BCUT2D eigenvalue weighted by Crippen LogP contribution is -1.99. The van der Waals surface area contributed by atoms with Gasteiger partial charge in [0.25, 0.3) is 0 Å². The van der Waals surface area contributed by atoms with E-state index in [9.17, 15) is 0 Å². The number of rotatable bonds is 5. The van der Waals surface area contributed by atoms with Crippen molar-refractivity contribution in [1.82, 2.24) is 0 Å². The molecule has 0 nitrogen and oxygen atoms in total. The fraction of sp³-hybridized carbons (Fsp3) is 0. The summed E-state index contributed by atoms with van der Waals surface area (Å²) in [5.41, 5.74) is 9.89. The molecule has 0 radical (unpaired) electrons. The van der Waals surface area contributed by atoms with Crippen LogP contribution in [0.1, 0.15) is 0 Å². The number of hydrogen-bond donors (Lipinski definition) is 0. The highest BCUT2D eigenvalue weighted by Gasteiger charge is 2.26. The highest BCUT2D eigenvalue weighted by atomic mass is 19.1. The Labute approximate surface area is 262 Å². The van der Waals surface area contributed by atoms with E-state index < -0.39 is 0 Å². The summed E-state index contributed by atoms with van der Waals surface area (Å²) in [4.78, 5) is 0. The molecule has 0 aromatic heterocycles. The van der Waals surface area contributed by atoms with E-state index in [1.165, 1.54) is 0 Å². The van der Waals surface area contributed by atoms with Gasteiger partial charge in [0.05, 0.1) is 0 Å². The summed E-state index contributed by atoms with van der Waals surface area (Å²) in [7, 11) is 0. The first-order chi connectivity index (χ1) is 22.3. The van der Waals surface area contributed by atoms with Gasteiger partial charge in [-0.2, -0.15) is 0 Å². The van der Waals surface area contributed by atoms with Crippen molar-refractivity contribution in [3.63, 3.8) is 0 Å². The molecule has 0 saturated carbocycles. The Balaban J connectivity index is 1.67. The Kier molecular flexibility index (Phi) is 6.77. The highest BCUT2D eigenvalue weighted by molar-refractivity contribution is 6.25. The number of hydrogen-bond acceptors (Lipinski definition) is 0. The van der Waals surface area contributed by atoms with E-state index in [4.69, 9.17) is 0 Å². The lowest BCUT2D eigenvalue weighted by molar-refractivity contribution is 0.644. The van der Waals surface area contributed by atoms with Crippen LogP contribution < -0.4 is 0 Å². The van der Waals surface area contributed by atoms with Gasteiger partial charge in [-0.1, -0.05) is 176 Å². The molecule has 1 heteroatoms. The van der Waals surface area contributed by atoms with Gasteiger partial charge in [0.2, 0.25) is 0 Å². The van der Waals surface area contributed by atoms with Gasteiger partial charge in [0.1, 0.15) is 5.82 Å². The summed E-state index contributed by atoms with van der Waals surface area (Å²) in [6.45, 7) is 0. The van der Waals surface area contributed by atoms with Crippen molar-refractivity contribution in [2.45, 2.75) is 0 Å². The summed E-state index contributed by atoms with van der Waals surface area (Å²) in [6.07, 6.45) is 0. The van der Waals surface area contributed by atoms with Crippen molar-refractivity contribution >= 4 is 21.5 Å². The Bertz CT molecular complexity index is 2270. The molecular formula is C44H29F. The summed E-state index contributed by atoms with van der Waals surface area (Å²) >= 11 is 0. The topological polar surface area (TPSA) is 0 Å². The van der Waals surface area contributed by atoms with E-state index in [1.807, 2.05) is 72.8 Å². The van der Waals surface area contributed by atoms with Crippen LogP contribution in [-0.2, 0) is 0 Å². The van der Waals surface area contributed by atoms with Crippen molar-refractivity contribution in [2.24, 2.45) is 0 Å². The van der Waals surface area contributed by atoms with Gasteiger partial charge in [-0.15, -0.1) is 0 Å². The standard InChI is InChI=1S/C44H29F/c45-44-37-29-27-35-26-28-36(30-16-6-1-7-17-30)38(31-18-8-2-9-19-31)39(35)43(37)41(33-22-12-4-13-23-33)40(32-20-10-3-11-21-32)42(44)34-24-14-5-15-25-34/h1-29H. The summed E-state index contributed by atoms with van der Waals surface area (Å²) in [5.74, 6) is -0.208. The van der Waals surface area contributed by atoms with Crippen molar-refractivity contribution in [1.29, 1.82) is 0 Å². The molecule has 0 atom stereocenters. The van der Waals surface area contributed by atoms with Crippen LogP contribution in [0.3, 0.4) is 0 Å². The van der Waals surface area contributed by atoms with Crippen molar-refractivity contribution in [3.05, 3.63) is 182 Å². The van der Waals surface area contributed by atoms with Crippen LogP contribution in [0.4, 0.5) is 4.39 Å². The third-order valence-electron chi connectivity index (χ3n) is 8.73. The van der Waals surface area contributed by atoms with Gasteiger partial charge in [-0.3, -0.25) is 0 Å². The van der Waals surface area contributed by atoms with Crippen LogP contribution in [0.25, 0.3) is 77.2 Å². The Morgan fingerprint density at radius 3 is 1.20 bits per heavy atom. The predicted molar refractivity (Wildman–Crippen MR) is 189 cm³/mol. The minimum Gasteiger partial charge on any atom is -0.206 e. The normalized spacial score (nSPS) is 11.2. The molecule has 0 spiro atoms. The minimum atomic E-state index is -0.208. The monoisotopic (exact) mass is 576 g/mol. The second-order valence-electron chi connectivity index (χ2n) is 11.3. The zero-order valence-corrected chi connectivity index (χ0v) is 24.6. The quantitative estimate of drug-likeness (QED) is 0.179. The van der Waals surface area contributed by atoms with Gasteiger partial charge < -0.3 is 0 Å². The van der Waals surface area contributed by atoms with E-state index >= 15 is 4.39 Å². The highest BCUT2D eigenvalue weighted by Crippen LogP contribution is 2.51. The average Bonchev–Trinajstić information content (AvgIpc) is 3.12. The molecule has 0 aliphatic carbocycles. The molecule has 212 valence electrons. The first-order valence-corrected chi connectivity index (χ1v) is 15.3. The molecule has 8 rings (SSSR count). The van der Waals surface area contributed by atoms with Crippen LogP contribution in [0.5, 0.6) is 0 Å². The third-order valence-corrected chi connectivity index (χ3v) is 8.73. The van der Waals surface area contributed by atoms with Crippen LogP contribution >= 0.6 is 0 Å². The molecule has 0 amide bonds. The molecule has 0 heterocycles. The molecule has 0 fully saturated rings. The van der Waals surface area contributed by atoms with Gasteiger partial charge in [-0.05, 0) is 55.3 Å².